The first kappa shape index (κ1) is 20.8. The van der Waals surface area contributed by atoms with Gasteiger partial charge in [-0.1, -0.05) is 0 Å². The number of ether oxygens (including phenoxy) is 1. The number of methoxy groups -OCH3 is 1. The second kappa shape index (κ2) is 8.24. The van der Waals surface area contributed by atoms with Crippen molar-refractivity contribution in [3.8, 4) is 5.75 Å². The molecule has 1 saturated heterocycles. The van der Waals surface area contributed by atoms with Crippen molar-refractivity contribution < 1.29 is 23.9 Å². The number of urea groups is 1. The van der Waals surface area contributed by atoms with Crippen LogP contribution in [-0.2, 0) is 9.59 Å². The van der Waals surface area contributed by atoms with Gasteiger partial charge in [0.25, 0.3) is 11.8 Å². The minimum Gasteiger partial charge on any atom is -0.497 e. The van der Waals surface area contributed by atoms with Gasteiger partial charge in [-0.2, -0.15) is 0 Å². The van der Waals surface area contributed by atoms with Crippen molar-refractivity contribution >= 4 is 35.1 Å². The summed E-state index contributed by atoms with van der Waals surface area (Å²) in [5.74, 6) is -0.607. The molecule has 9 heteroatoms. The number of hydrogen-bond donors (Lipinski definition) is 3. The van der Waals surface area contributed by atoms with E-state index in [1.807, 2.05) is 0 Å². The molecule has 2 aromatic rings. The third-order valence-corrected chi connectivity index (χ3v) is 4.52. The maximum Gasteiger partial charge on any atom is 0.325 e. The molecular weight excluding hydrogens is 388 g/mol. The molecule has 3 rings (SSSR count). The summed E-state index contributed by atoms with van der Waals surface area (Å²) in [5.41, 5.74) is 0.428. The van der Waals surface area contributed by atoms with Crippen LogP contribution in [0, 0.1) is 0 Å². The predicted octanol–water partition coefficient (Wildman–Crippen LogP) is 2.22. The Labute approximate surface area is 173 Å². The number of anilines is 2. The first-order valence-electron chi connectivity index (χ1n) is 9.19. The van der Waals surface area contributed by atoms with Crippen molar-refractivity contribution in [3.63, 3.8) is 0 Å². The molecule has 0 radical (unpaired) electrons. The third-order valence-electron chi connectivity index (χ3n) is 4.52. The van der Waals surface area contributed by atoms with E-state index >= 15 is 0 Å². The van der Waals surface area contributed by atoms with Crippen molar-refractivity contribution in [2.75, 3.05) is 24.3 Å². The molecule has 9 nitrogen and oxygen atoms in total. The molecule has 1 heterocycles. The minimum absolute atomic E-state index is 0.306. The SMILES string of the molecule is COc1ccc(NC(=O)c2ccc(NC(=O)CN3C(=O)NC(C)(C)C3=O)cc2)cc1. The predicted molar refractivity (Wildman–Crippen MR) is 110 cm³/mol. The van der Waals surface area contributed by atoms with E-state index in [0.717, 1.165) is 4.90 Å². The summed E-state index contributed by atoms with van der Waals surface area (Å²) in [7, 11) is 1.56. The molecule has 2 aromatic carbocycles. The second-order valence-electron chi connectivity index (χ2n) is 7.25. The third kappa shape index (κ3) is 4.57. The number of nitrogens with one attached hydrogen (secondary N) is 3. The number of carbonyl (C=O) groups is 4. The number of carbonyl (C=O) groups excluding carboxylic acids is 4. The molecule has 30 heavy (non-hydrogen) atoms. The van der Waals surface area contributed by atoms with Gasteiger partial charge in [0.2, 0.25) is 5.91 Å². The Kier molecular flexibility index (Phi) is 5.72. The lowest BCUT2D eigenvalue weighted by Crippen LogP contribution is -2.41. The van der Waals surface area contributed by atoms with Crippen LogP contribution < -0.4 is 20.7 Å². The smallest absolute Gasteiger partial charge is 0.325 e. The first-order chi connectivity index (χ1) is 14.2. The number of amides is 5. The Morgan fingerprint density at radius 1 is 0.967 bits per heavy atom. The molecule has 0 aromatic heterocycles. The minimum atomic E-state index is -1.03. The van der Waals surface area contributed by atoms with Crippen LogP contribution in [-0.4, -0.2) is 47.8 Å². The van der Waals surface area contributed by atoms with Crippen LogP contribution in [0.2, 0.25) is 0 Å². The lowest BCUT2D eigenvalue weighted by Gasteiger charge is -2.15. The van der Waals surface area contributed by atoms with Crippen molar-refractivity contribution in [2.24, 2.45) is 0 Å². The number of nitrogens with zero attached hydrogens (tertiary/aromatic N) is 1. The highest BCUT2D eigenvalue weighted by molar-refractivity contribution is 6.10. The largest absolute Gasteiger partial charge is 0.497 e. The molecule has 0 bridgehead atoms. The number of imide groups is 1. The Hall–Kier alpha value is -3.88. The van der Waals surface area contributed by atoms with Gasteiger partial charge in [-0.05, 0) is 62.4 Å². The molecule has 0 saturated carbocycles. The molecular formula is C21H22N4O5. The summed E-state index contributed by atoms with van der Waals surface area (Å²) >= 11 is 0. The van der Waals surface area contributed by atoms with Gasteiger partial charge in [-0.15, -0.1) is 0 Å². The zero-order valence-corrected chi connectivity index (χ0v) is 16.8. The molecule has 1 fully saturated rings. The van der Waals surface area contributed by atoms with Gasteiger partial charge in [-0.3, -0.25) is 19.3 Å². The highest BCUT2D eigenvalue weighted by Gasteiger charge is 2.44. The molecule has 0 aliphatic carbocycles. The summed E-state index contributed by atoms with van der Waals surface area (Å²) in [6, 6.07) is 12.6. The van der Waals surface area contributed by atoms with Crippen LogP contribution in [0.15, 0.2) is 48.5 Å². The summed E-state index contributed by atoms with van der Waals surface area (Å²) < 4.78 is 5.08. The Morgan fingerprint density at radius 3 is 2.07 bits per heavy atom. The number of hydrogen-bond acceptors (Lipinski definition) is 5. The average Bonchev–Trinajstić information content (AvgIpc) is 2.90. The van der Waals surface area contributed by atoms with E-state index in [0.29, 0.717) is 22.7 Å². The molecule has 0 atom stereocenters. The Bertz CT molecular complexity index is 983. The van der Waals surface area contributed by atoms with E-state index < -0.39 is 29.9 Å². The zero-order chi connectivity index (χ0) is 21.9. The van der Waals surface area contributed by atoms with E-state index in [9.17, 15) is 19.2 Å². The maximum atomic E-state index is 12.3. The van der Waals surface area contributed by atoms with Crippen molar-refractivity contribution in [3.05, 3.63) is 54.1 Å². The fraction of sp³-hybridized carbons (Fsp3) is 0.238. The highest BCUT2D eigenvalue weighted by Crippen LogP contribution is 2.18. The highest BCUT2D eigenvalue weighted by atomic mass is 16.5. The summed E-state index contributed by atoms with van der Waals surface area (Å²) in [6.07, 6.45) is 0. The van der Waals surface area contributed by atoms with Crippen LogP contribution in [0.5, 0.6) is 5.75 Å². The lowest BCUT2D eigenvalue weighted by molar-refractivity contribution is -0.132. The molecule has 1 aliphatic heterocycles. The van der Waals surface area contributed by atoms with Crippen molar-refractivity contribution in [2.45, 2.75) is 19.4 Å². The number of rotatable bonds is 6. The molecule has 156 valence electrons. The molecule has 0 spiro atoms. The normalized spacial score (nSPS) is 14.8. The van der Waals surface area contributed by atoms with Crippen LogP contribution in [0.25, 0.3) is 0 Å². The van der Waals surface area contributed by atoms with Gasteiger partial charge in [0.1, 0.15) is 17.8 Å². The molecule has 3 N–H and O–H groups in total. The van der Waals surface area contributed by atoms with Gasteiger partial charge in [0.15, 0.2) is 0 Å². The van der Waals surface area contributed by atoms with Crippen molar-refractivity contribution in [1.82, 2.24) is 10.2 Å². The Morgan fingerprint density at radius 2 is 1.53 bits per heavy atom. The average molecular weight is 410 g/mol. The van der Waals surface area contributed by atoms with Crippen molar-refractivity contribution in [1.29, 1.82) is 0 Å². The summed E-state index contributed by atoms with van der Waals surface area (Å²) in [6.45, 7) is 2.75. The van der Waals surface area contributed by atoms with Gasteiger partial charge >= 0.3 is 6.03 Å². The van der Waals surface area contributed by atoms with E-state index in [-0.39, 0.29) is 5.91 Å². The fourth-order valence-electron chi connectivity index (χ4n) is 2.89. The first-order valence-corrected chi connectivity index (χ1v) is 9.19. The van der Waals surface area contributed by atoms with E-state index in [4.69, 9.17) is 4.74 Å². The zero-order valence-electron chi connectivity index (χ0n) is 16.8. The standard InChI is InChI=1S/C21H22N4O5/c1-21(2)19(28)25(20(29)24-21)12-17(26)22-14-6-4-13(5-7-14)18(27)23-15-8-10-16(30-3)11-9-15/h4-11H,12H2,1-3H3,(H,22,26)(H,23,27)(H,24,29). The monoisotopic (exact) mass is 410 g/mol. The topological polar surface area (TPSA) is 117 Å². The van der Waals surface area contributed by atoms with E-state index in [1.165, 1.54) is 0 Å². The second-order valence-corrected chi connectivity index (χ2v) is 7.25. The van der Waals surface area contributed by atoms with Crippen LogP contribution in [0.3, 0.4) is 0 Å². The van der Waals surface area contributed by atoms with E-state index in [2.05, 4.69) is 16.0 Å². The summed E-state index contributed by atoms with van der Waals surface area (Å²) in [4.78, 5) is 49.4. The van der Waals surface area contributed by atoms with E-state index in [1.54, 1.807) is 69.5 Å². The van der Waals surface area contributed by atoms with Crippen LogP contribution >= 0.6 is 0 Å². The number of benzene rings is 2. The van der Waals surface area contributed by atoms with Gasteiger partial charge in [0, 0.05) is 16.9 Å². The Balaban J connectivity index is 1.57. The van der Waals surface area contributed by atoms with Gasteiger partial charge in [0.05, 0.1) is 7.11 Å². The molecule has 0 unspecified atom stereocenters. The molecule has 5 amide bonds. The maximum absolute atomic E-state index is 12.3. The van der Waals surface area contributed by atoms with Crippen LogP contribution in [0.1, 0.15) is 24.2 Å². The fourth-order valence-corrected chi connectivity index (χ4v) is 2.89. The van der Waals surface area contributed by atoms with Gasteiger partial charge < -0.3 is 20.7 Å². The quantitative estimate of drug-likeness (QED) is 0.632. The molecule has 1 aliphatic rings. The van der Waals surface area contributed by atoms with Crippen LogP contribution in [0.4, 0.5) is 16.2 Å². The summed E-state index contributed by atoms with van der Waals surface area (Å²) in [5, 5.41) is 7.89. The lowest BCUT2D eigenvalue weighted by atomic mass is 10.1. The van der Waals surface area contributed by atoms with Gasteiger partial charge in [-0.25, -0.2) is 4.79 Å².